The normalized spacial score (nSPS) is 10.6. The van der Waals surface area contributed by atoms with Gasteiger partial charge >= 0.3 is 0 Å². The molecule has 0 amide bonds. The molecule has 5 nitrogen and oxygen atoms in total. The maximum Gasteiger partial charge on any atom is 0.265 e. The number of halogens is 2. The Hall–Kier alpha value is -1.18. The molecule has 0 aliphatic carbocycles. The van der Waals surface area contributed by atoms with Gasteiger partial charge in [0.1, 0.15) is 16.0 Å². The fourth-order valence-electron chi connectivity index (χ4n) is 1.68. The summed E-state index contributed by atoms with van der Waals surface area (Å²) in [5, 5.41) is 0. The molecular weight excluding hydrogens is 392 g/mol. The average Bonchev–Trinajstić information content (AvgIpc) is 2.44. The first-order valence-electron chi connectivity index (χ1n) is 5.68. The highest BCUT2D eigenvalue weighted by atomic mass is 79.9. The number of benzene rings is 1. The van der Waals surface area contributed by atoms with E-state index < -0.39 is 0 Å². The third kappa shape index (κ3) is 3.11. The van der Waals surface area contributed by atoms with Crippen molar-refractivity contribution in [2.75, 3.05) is 14.2 Å². The number of hydrogen-bond acceptors (Lipinski definition) is 4. The third-order valence-electron chi connectivity index (χ3n) is 2.64. The molecule has 0 aliphatic rings. The quantitative estimate of drug-likeness (QED) is 0.851. The van der Waals surface area contributed by atoms with E-state index in [2.05, 4.69) is 41.8 Å². The number of ether oxygens (including phenoxy) is 2. The Labute approximate surface area is 132 Å². The topological polar surface area (TPSA) is 64.2 Å². The van der Waals surface area contributed by atoms with Gasteiger partial charge in [0, 0.05) is 17.1 Å². The van der Waals surface area contributed by atoms with E-state index in [9.17, 15) is 4.79 Å². The van der Waals surface area contributed by atoms with E-state index in [0.717, 1.165) is 10.0 Å². The minimum atomic E-state index is -0.253. The van der Waals surface area contributed by atoms with E-state index in [1.165, 1.54) is 0 Å². The minimum Gasteiger partial charge on any atom is -0.497 e. The first-order chi connectivity index (χ1) is 9.56. The van der Waals surface area contributed by atoms with Crippen LogP contribution in [0.15, 0.2) is 31.9 Å². The Bertz CT molecular complexity index is 686. The smallest absolute Gasteiger partial charge is 0.265 e. The van der Waals surface area contributed by atoms with Gasteiger partial charge in [0.2, 0.25) is 0 Å². The van der Waals surface area contributed by atoms with Crippen molar-refractivity contribution in [2.24, 2.45) is 0 Å². The van der Waals surface area contributed by atoms with E-state index in [0.29, 0.717) is 21.7 Å². The molecular formula is C13H12Br2N2O3. The van der Waals surface area contributed by atoms with E-state index in [-0.39, 0.29) is 12.2 Å². The van der Waals surface area contributed by atoms with Gasteiger partial charge in [0.15, 0.2) is 0 Å². The van der Waals surface area contributed by atoms with E-state index in [1.807, 2.05) is 12.1 Å². The van der Waals surface area contributed by atoms with Gasteiger partial charge < -0.3 is 14.5 Å². The number of nitrogens with zero attached hydrogens (tertiary/aromatic N) is 1. The second-order valence-corrected chi connectivity index (χ2v) is 5.60. The van der Waals surface area contributed by atoms with E-state index in [4.69, 9.17) is 9.47 Å². The predicted octanol–water partition coefficient (Wildman–Crippen LogP) is 3.12. The molecule has 2 aromatic rings. The van der Waals surface area contributed by atoms with Crippen molar-refractivity contribution in [3.8, 4) is 17.1 Å². The highest BCUT2D eigenvalue weighted by Crippen LogP contribution is 2.29. The van der Waals surface area contributed by atoms with Gasteiger partial charge in [0.25, 0.3) is 5.56 Å². The zero-order chi connectivity index (χ0) is 14.7. The predicted molar refractivity (Wildman–Crippen MR) is 83.0 cm³/mol. The molecule has 0 radical (unpaired) electrons. The molecule has 1 N–H and O–H groups in total. The van der Waals surface area contributed by atoms with Gasteiger partial charge in [-0.1, -0.05) is 15.9 Å². The van der Waals surface area contributed by atoms with Crippen molar-refractivity contribution in [2.45, 2.75) is 6.61 Å². The minimum absolute atomic E-state index is 0.249. The van der Waals surface area contributed by atoms with Gasteiger partial charge in [-0.3, -0.25) is 4.79 Å². The Morgan fingerprint density at radius 2 is 2.05 bits per heavy atom. The van der Waals surface area contributed by atoms with Gasteiger partial charge in [-0.2, -0.15) is 0 Å². The van der Waals surface area contributed by atoms with Crippen LogP contribution in [0.4, 0.5) is 0 Å². The highest BCUT2D eigenvalue weighted by molar-refractivity contribution is 9.10. The van der Waals surface area contributed by atoms with Gasteiger partial charge in [0.05, 0.1) is 19.4 Å². The van der Waals surface area contributed by atoms with E-state index in [1.54, 1.807) is 20.3 Å². The number of H-pyrrole nitrogens is 1. The molecule has 0 aliphatic heterocycles. The monoisotopic (exact) mass is 402 g/mol. The fourth-order valence-corrected chi connectivity index (χ4v) is 2.41. The molecule has 0 fully saturated rings. The molecule has 20 heavy (non-hydrogen) atoms. The molecule has 7 heteroatoms. The maximum absolute atomic E-state index is 11.9. The molecule has 1 heterocycles. The number of methoxy groups -OCH3 is 2. The van der Waals surface area contributed by atoms with Crippen LogP contribution in [0.1, 0.15) is 5.69 Å². The molecule has 2 rings (SSSR count). The molecule has 0 spiro atoms. The van der Waals surface area contributed by atoms with Crippen LogP contribution in [0, 0.1) is 0 Å². The lowest BCUT2D eigenvalue weighted by molar-refractivity contribution is 0.180. The van der Waals surface area contributed by atoms with Crippen molar-refractivity contribution in [1.82, 2.24) is 9.97 Å². The first kappa shape index (κ1) is 15.2. The lowest BCUT2D eigenvalue weighted by Gasteiger charge is -2.09. The van der Waals surface area contributed by atoms with Crippen LogP contribution >= 0.6 is 31.9 Å². The summed E-state index contributed by atoms with van der Waals surface area (Å²) in [5.74, 6) is 1.14. The lowest BCUT2D eigenvalue weighted by atomic mass is 10.2. The number of nitrogens with one attached hydrogen (secondary N) is 1. The zero-order valence-corrected chi connectivity index (χ0v) is 14.0. The molecule has 0 bridgehead atoms. The standard InChI is InChI=1S/C13H12Br2N2O3/c1-19-6-10-11(15)13(18)17-12(16-10)8-5-7(20-2)3-4-9(8)14/h3-5H,6H2,1-2H3,(H,16,17,18). The summed E-state index contributed by atoms with van der Waals surface area (Å²) < 4.78 is 11.4. The third-order valence-corrected chi connectivity index (χ3v) is 4.15. The SMILES string of the molecule is COCc1nc(-c2cc(OC)ccc2Br)[nH]c(=O)c1Br. The Morgan fingerprint density at radius 1 is 1.30 bits per heavy atom. The Balaban J connectivity index is 2.60. The summed E-state index contributed by atoms with van der Waals surface area (Å²) in [6.45, 7) is 0.249. The van der Waals surface area contributed by atoms with Crippen LogP contribution < -0.4 is 10.3 Å². The van der Waals surface area contributed by atoms with Crippen molar-refractivity contribution in [3.63, 3.8) is 0 Å². The van der Waals surface area contributed by atoms with Crippen molar-refractivity contribution in [3.05, 3.63) is 43.2 Å². The van der Waals surface area contributed by atoms with Crippen molar-refractivity contribution >= 4 is 31.9 Å². The van der Waals surface area contributed by atoms with E-state index >= 15 is 0 Å². The largest absolute Gasteiger partial charge is 0.497 e. The van der Waals surface area contributed by atoms with Crippen LogP contribution in [-0.4, -0.2) is 24.2 Å². The number of hydrogen-bond donors (Lipinski definition) is 1. The highest BCUT2D eigenvalue weighted by Gasteiger charge is 2.13. The number of aromatic amines is 1. The Morgan fingerprint density at radius 3 is 2.70 bits per heavy atom. The van der Waals surface area contributed by atoms with Gasteiger partial charge in [-0.05, 0) is 34.1 Å². The summed E-state index contributed by atoms with van der Waals surface area (Å²) in [6, 6.07) is 5.46. The van der Waals surface area contributed by atoms with Crippen LogP contribution in [0.25, 0.3) is 11.4 Å². The maximum atomic E-state index is 11.9. The van der Waals surface area contributed by atoms with Gasteiger partial charge in [-0.15, -0.1) is 0 Å². The summed E-state index contributed by atoms with van der Waals surface area (Å²) in [5.41, 5.74) is 1.03. The number of rotatable bonds is 4. The van der Waals surface area contributed by atoms with Crippen molar-refractivity contribution < 1.29 is 9.47 Å². The summed E-state index contributed by atoms with van der Waals surface area (Å²) in [7, 11) is 3.14. The second kappa shape index (κ2) is 6.51. The molecule has 106 valence electrons. The molecule has 0 atom stereocenters. The Kier molecular flexibility index (Phi) is 4.95. The molecule has 0 saturated heterocycles. The van der Waals surface area contributed by atoms with Crippen LogP contribution in [0.2, 0.25) is 0 Å². The average molecular weight is 404 g/mol. The van der Waals surface area contributed by atoms with Crippen LogP contribution in [0.5, 0.6) is 5.75 Å². The number of aromatic nitrogens is 2. The summed E-state index contributed by atoms with van der Waals surface area (Å²) in [4.78, 5) is 19.1. The molecule has 0 saturated carbocycles. The molecule has 1 aromatic carbocycles. The summed E-state index contributed by atoms with van der Waals surface area (Å²) in [6.07, 6.45) is 0. The molecule has 1 aromatic heterocycles. The van der Waals surface area contributed by atoms with Crippen molar-refractivity contribution in [1.29, 1.82) is 0 Å². The fraction of sp³-hybridized carbons (Fsp3) is 0.231. The first-order valence-corrected chi connectivity index (χ1v) is 7.27. The lowest BCUT2D eigenvalue weighted by Crippen LogP contribution is -2.14. The summed E-state index contributed by atoms with van der Waals surface area (Å²) >= 11 is 6.65. The second-order valence-electron chi connectivity index (χ2n) is 3.95. The van der Waals surface area contributed by atoms with Crippen LogP contribution in [0.3, 0.4) is 0 Å². The molecule has 0 unspecified atom stereocenters. The van der Waals surface area contributed by atoms with Gasteiger partial charge in [-0.25, -0.2) is 4.98 Å². The van der Waals surface area contributed by atoms with Crippen LogP contribution in [-0.2, 0) is 11.3 Å². The zero-order valence-electron chi connectivity index (χ0n) is 10.9.